The van der Waals surface area contributed by atoms with E-state index >= 15 is 0 Å². The lowest BCUT2D eigenvalue weighted by atomic mass is 10.1. The van der Waals surface area contributed by atoms with E-state index in [0.29, 0.717) is 6.61 Å². The number of unbranched alkanes of at least 4 members (excludes halogenated alkanes) is 6. The standard InChI is InChI=1S/C22H32O4/c1-2-3-4-5-6-7-8-9-13-16-20(21-18-25-22(23)26-21)24-17-19-14-11-10-12-15-19/h9-15,20-21H,2-8,16-18H2,1H3/b13-9-/t20-,21+/m0/s1. The maximum Gasteiger partial charge on any atom is 0.508 e. The molecule has 2 atom stereocenters. The monoisotopic (exact) mass is 360 g/mol. The maximum absolute atomic E-state index is 11.2. The van der Waals surface area contributed by atoms with Crippen LogP contribution in [0.2, 0.25) is 0 Å². The Morgan fingerprint density at radius 3 is 2.62 bits per heavy atom. The molecule has 0 aliphatic carbocycles. The highest BCUT2D eigenvalue weighted by Gasteiger charge is 2.32. The van der Waals surface area contributed by atoms with Gasteiger partial charge in [0.1, 0.15) is 12.7 Å². The molecule has 0 aromatic heterocycles. The smallest absolute Gasteiger partial charge is 0.430 e. The Morgan fingerprint density at radius 2 is 1.88 bits per heavy atom. The molecule has 1 heterocycles. The lowest BCUT2D eigenvalue weighted by Crippen LogP contribution is -2.30. The van der Waals surface area contributed by atoms with Crippen molar-refractivity contribution >= 4 is 6.16 Å². The van der Waals surface area contributed by atoms with Gasteiger partial charge in [-0.25, -0.2) is 4.79 Å². The molecule has 0 unspecified atom stereocenters. The molecule has 1 aromatic carbocycles. The van der Waals surface area contributed by atoms with Crippen molar-refractivity contribution in [2.75, 3.05) is 6.61 Å². The van der Waals surface area contributed by atoms with Gasteiger partial charge in [0.05, 0.1) is 6.61 Å². The number of cyclic esters (lactones) is 2. The van der Waals surface area contributed by atoms with Gasteiger partial charge in [0.15, 0.2) is 6.10 Å². The second kappa shape index (κ2) is 12.5. The summed E-state index contributed by atoms with van der Waals surface area (Å²) in [7, 11) is 0. The second-order valence-electron chi connectivity index (χ2n) is 6.82. The van der Waals surface area contributed by atoms with Crippen LogP contribution in [0.3, 0.4) is 0 Å². The minimum atomic E-state index is -0.598. The molecule has 0 saturated carbocycles. The Hall–Kier alpha value is -1.81. The van der Waals surface area contributed by atoms with Crippen LogP contribution in [0.4, 0.5) is 4.79 Å². The fourth-order valence-electron chi connectivity index (χ4n) is 3.02. The average molecular weight is 360 g/mol. The van der Waals surface area contributed by atoms with Gasteiger partial charge in [-0.15, -0.1) is 0 Å². The van der Waals surface area contributed by atoms with Crippen molar-refractivity contribution in [3.63, 3.8) is 0 Å². The van der Waals surface area contributed by atoms with Gasteiger partial charge in [0.2, 0.25) is 0 Å². The zero-order valence-corrected chi connectivity index (χ0v) is 15.9. The largest absolute Gasteiger partial charge is 0.508 e. The fourth-order valence-corrected chi connectivity index (χ4v) is 3.02. The lowest BCUT2D eigenvalue weighted by Gasteiger charge is -2.20. The molecule has 0 amide bonds. The molecular formula is C22H32O4. The number of ether oxygens (including phenoxy) is 3. The highest BCUT2D eigenvalue weighted by atomic mass is 16.8. The third-order valence-electron chi connectivity index (χ3n) is 4.59. The Morgan fingerprint density at radius 1 is 1.12 bits per heavy atom. The molecule has 1 fully saturated rings. The average Bonchev–Trinajstić information content (AvgIpc) is 3.10. The number of carbonyl (C=O) groups excluding carboxylic acids is 1. The predicted molar refractivity (Wildman–Crippen MR) is 103 cm³/mol. The molecule has 0 radical (unpaired) electrons. The van der Waals surface area contributed by atoms with Gasteiger partial charge in [0.25, 0.3) is 0 Å². The molecule has 26 heavy (non-hydrogen) atoms. The van der Waals surface area contributed by atoms with Crippen molar-refractivity contribution in [1.29, 1.82) is 0 Å². The highest BCUT2D eigenvalue weighted by molar-refractivity contribution is 5.61. The Kier molecular flexibility index (Phi) is 9.88. The molecule has 2 rings (SSSR count). The number of carbonyl (C=O) groups is 1. The zero-order valence-electron chi connectivity index (χ0n) is 15.9. The van der Waals surface area contributed by atoms with E-state index in [4.69, 9.17) is 14.2 Å². The molecule has 1 aliphatic rings. The first-order chi connectivity index (χ1) is 12.8. The Labute approximate surface area is 157 Å². The van der Waals surface area contributed by atoms with Crippen LogP contribution < -0.4 is 0 Å². The van der Waals surface area contributed by atoms with E-state index in [1.165, 1.54) is 38.5 Å². The first-order valence-corrected chi connectivity index (χ1v) is 9.93. The second-order valence-corrected chi connectivity index (χ2v) is 6.82. The topological polar surface area (TPSA) is 44.8 Å². The summed E-state index contributed by atoms with van der Waals surface area (Å²) in [6.45, 7) is 3.01. The molecule has 0 bridgehead atoms. The summed E-state index contributed by atoms with van der Waals surface area (Å²) in [6.07, 6.45) is 12.9. The van der Waals surface area contributed by atoms with E-state index in [1.54, 1.807) is 0 Å². The van der Waals surface area contributed by atoms with Crippen LogP contribution in [0, 0.1) is 0 Å². The number of rotatable bonds is 13. The van der Waals surface area contributed by atoms with Gasteiger partial charge in [-0.2, -0.15) is 0 Å². The fraction of sp³-hybridized carbons (Fsp3) is 0.591. The van der Waals surface area contributed by atoms with Crippen molar-refractivity contribution in [2.24, 2.45) is 0 Å². The molecule has 1 aromatic rings. The summed E-state index contributed by atoms with van der Waals surface area (Å²) in [6, 6.07) is 10.0. The predicted octanol–water partition coefficient (Wildman–Crippen LogP) is 5.80. The van der Waals surface area contributed by atoms with Gasteiger partial charge in [0, 0.05) is 0 Å². The number of benzene rings is 1. The van der Waals surface area contributed by atoms with Crippen LogP contribution >= 0.6 is 0 Å². The highest BCUT2D eigenvalue weighted by Crippen LogP contribution is 2.18. The van der Waals surface area contributed by atoms with Crippen molar-refractivity contribution in [1.82, 2.24) is 0 Å². The van der Waals surface area contributed by atoms with E-state index < -0.39 is 6.16 Å². The van der Waals surface area contributed by atoms with E-state index in [1.807, 2.05) is 30.3 Å². The molecule has 4 nitrogen and oxygen atoms in total. The number of hydrogen-bond donors (Lipinski definition) is 0. The number of allylic oxidation sites excluding steroid dienone is 1. The summed E-state index contributed by atoms with van der Waals surface area (Å²) >= 11 is 0. The SMILES string of the molecule is CCCCCCCC/C=C\C[C@H](OCc1ccccc1)[C@H]1COC(=O)O1. The normalized spacial score (nSPS) is 18.0. The van der Waals surface area contributed by atoms with Gasteiger partial charge in [-0.05, 0) is 24.8 Å². The van der Waals surface area contributed by atoms with Gasteiger partial charge in [-0.3, -0.25) is 0 Å². The molecule has 0 spiro atoms. The van der Waals surface area contributed by atoms with Crippen molar-refractivity contribution in [2.45, 2.75) is 77.1 Å². The first kappa shape index (κ1) is 20.5. The third-order valence-corrected chi connectivity index (χ3v) is 4.59. The Bertz CT molecular complexity index is 526. The third kappa shape index (κ3) is 8.05. The summed E-state index contributed by atoms with van der Waals surface area (Å²) < 4.78 is 16.2. The van der Waals surface area contributed by atoms with Crippen LogP contribution in [-0.4, -0.2) is 25.0 Å². The molecule has 144 valence electrons. The minimum absolute atomic E-state index is 0.178. The molecule has 1 saturated heterocycles. The molecular weight excluding hydrogens is 328 g/mol. The van der Waals surface area contributed by atoms with Crippen LogP contribution in [0.25, 0.3) is 0 Å². The van der Waals surface area contributed by atoms with Gasteiger partial charge in [-0.1, -0.05) is 81.5 Å². The van der Waals surface area contributed by atoms with Crippen molar-refractivity contribution < 1.29 is 19.0 Å². The molecule has 1 aliphatic heterocycles. The van der Waals surface area contributed by atoms with Crippen molar-refractivity contribution in [3.05, 3.63) is 48.0 Å². The molecule has 4 heteroatoms. The van der Waals surface area contributed by atoms with Gasteiger partial charge < -0.3 is 14.2 Å². The maximum atomic E-state index is 11.2. The van der Waals surface area contributed by atoms with Crippen LogP contribution in [0.1, 0.15) is 63.9 Å². The van der Waals surface area contributed by atoms with E-state index in [-0.39, 0.29) is 18.8 Å². The zero-order chi connectivity index (χ0) is 18.5. The summed E-state index contributed by atoms with van der Waals surface area (Å²) in [5.74, 6) is 0. The van der Waals surface area contributed by atoms with Crippen LogP contribution in [0.5, 0.6) is 0 Å². The summed E-state index contributed by atoms with van der Waals surface area (Å²) in [5, 5.41) is 0. The van der Waals surface area contributed by atoms with Crippen LogP contribution in [0.15, 0.2) is 42.5 Å². The number of hydrogen-bond acceptors (Lipinski definition) is 4. The van der Waals surface area contributed by atoms with Gasteiger partial charge >= 0.3 is 6.16 Å². The molecule has 0 N–H and O–H groups in total. The first-order valence-electron chi connectivity index (χ1n) is 9.93. The van der Waals surface area contributed by atoms with Crippen LogP contribution in [-0.2, 0) is 20.8 Å². The van der Waals surface area contributed by atoms with Crippen molar-refractivity contribution in [3.8, 4) is 0 Å². The summed E-state index contributed by atoms with van der Waals surface area (Å²) in [4.78, 5) is 11.2. The Balaban J connectivity index is 1.71. The summed E-state index contributed by atoms with van der Waals surface area (Å²) in [5.41, 5.74) is 1.11. The lowest BCUT2D eigenvalue weighted by molar-refractivity contribution is -0.0323. The quantitative estimate of drug-likeness (QED) is 0.253. The van der Waals surface area contributed by atoms with E-state index in [2.05, 4.69) is 19.1 Å². The minimum Gasteiger partial charge on any atom is -0.430 e. The van der Waals surface area contributed by atoms with E-state index in [9.17, 15) is 4.79 Å². The van der Waals surface area contributed by atoms with E-state index in [0.717, 1.165) is 18.4 Å².